The Morgan fingerprint density at radius 2 is 1.78 bits per heavy atom. The number of rotatable bonds is 0. The Morgan fingerprint density at radius 1 is 1.11 bits per heavy atom. The molecule has 0 aromatic carbocycles. The first-order valence-electron chi connectivity index (χ1n) is 10.1. The Labute approximate surface area is 159 Å². The standard InChI is InChI=1S/C21H30O6/c1-10-11-5-6-12-19-9-27-21(26,20(12,14(10)23)15(11)24)16(25)18(19,4)17(2,3)8-7-13(19)22/h11-13,15-16,22,24-26H,1,5-9H2,2-4H3/t11?,12?,13-,15+,16-,18+,19+,20?,21?/m0/s1. The minimum atomic E-state index is -2.18. The smallest absolute Gasteiger partial charge is 0.208 e. The van der Waals surface area contributed by atoms with Crippen LogP contribution in [0.2, 0.25) is 0 Å². The lowest BCUT2D eigenvalue weighted by Crippen LogP contribution is -2.88. The second-order valence-corrected chi connectivity index (χ2v) is 10.5. The fraction of sp³-hybridized carbons (Fsp3) is 0.857. The maximum Gasteiger partial charge on any atom is 0.208 e. The van der Waals surface area contributed by atoms with Gasteiger partial charge in [-0.3, -0.25) is 4.79 Å². The van der Waals surface area contributed by atoms with Crippen LogP contribution >= 0.6 is 0 Å². The van der Waals surface area contributed by atoms with Gasteiger partial charge in [-0.2, -0.15) is 0 Å². The third-order valence-corrected chi connectivity index (χ3v) is 9.95. The highest BCUT2D eigenvalue weighted by Gasteiger charge is 2.89. The number of carbonyl (C=O) groups is 1. The molecule has 4 unspecified atom stereocenters. The second-order valence-electron chi connectivity index (χ2n) is 10.5. The van der Waals surface area contributed by atoms with Crippen molar-refractivity contribution in [1.82, 2.24) is 0 Å². The average molecular weight is 378 g/mol. The van der Waals surface area contributed by atoms with Gasteiger partial charge in [0.25, 0.3) is 0 Å². The minimum Gasteiger partial charge on any atom is -0.392 e. The highest BCUT2D eigenvalue weighted by atomic mass is 16.6. The van der Waals surface area contributed by atoms with E-state index in [0.717, 1.165) is 0 Å². The van der Waals surface area contributed by atoms with Crippen LogP contribution in [0.3, 0.4) is 0 Å². The Bertz CT molecular complexity index is 762. The normalized spacial score (nSPS) is 60.9. The van der Waals surface area contributed by atoms with E-state index in [0.29, 0.717) is 31.3 Å². The van der Waals surface area contributed by atoms with Crippen molar-refractivity contribution in [2.24, 2.45) is 33.5 Å². The summed E-state index contributed by atoms with van der Waals surface area (Å²) in [5.74, 6) is -3.48. The van der Waals surface area contributed by atoms with Gasteiger partial charge in [-0.05, 0) is 42.6 Å². The third-order valence-electron chi connectivity index (χ3n) is 9.95. The molecule has 6 aliphatic rings. The molecule has 4 N–H and O–H groups in total. The molecule has 27 heavy (non-hydrogen) atoms. The average Bonchev–Trinajstić information content (AvgIpc) is 2.72. The van der Waals surface area contributed by atoms with Gasteiger partial charge in [0.1, 0.15) is 11.5 Å². The number of ketones is 1. The molecule has 2 saturated heterocycles. The van der Waals surface area contributed by atoms with E-state index in [1.54, 1.807) is 0 Å². The van der Waals surface area contributed by atoms with Crippen molar-refractivity contribution in [3.63, 3.8) is 0 Å². The Balaban J connectivity index is 1.86. The number of aliphatic hydroxyl groups excluding tert-OH is 3. The molecule has 4 bridgehead atoms. The molecule has 0 radical (unpaired) electrons. The molecule has 0 amide bonds. The van der Waals surface area contributed by atoms with Crippen molar-refractivity contribution in [3.05, 3.63) is 12.2 Å². The van der Waals surface area contributed by atoms with E-state index in [1.807, 2.05) is 6.92 Å². The lowest BCUT2D eigenvalue weighted by molar-refractivity contribution is -0.481. The first-order valence-corrected chi connectivity index (χ1v) is 10.1. The van der Waals surface area contributed by atoms with Gasteiger partial charge in [0.15, 0.2) is 5.78 Å². The molecule has 6 heteroatoms. The third kappa shape index (κ3) is 1.41. The van der Waals surface area contributed by atoms with E-state index in [4.69, 9.17) is 4.74 Å². The van der Waals surface area contributed by atoms with Gasteiger partial charge in [-0.1, -0.05) is 27.4 Å². The molecule has 2 spiro atoms. The molecule has 6 rings (SSSR count). The molecule has 6 fully saturated rings. The zero-order valence-electron chi connectivity index (χ0n) is 16.2. The summed E-state index contributed by atoms with van der Waals surface area (Å²) in [7, 11) is 0. The summed E-state index contributed by atoms with van der Waals surface area (Å²) in [6, 6.07) is 0. The number of aliphatic hydroxyl groups is 4. The van der Waals surface area contributed by atoms with Crippen molar-refractivity contribution in [2.75, 3.05) is 6.61 Å². The van der Waals surface area contributed by atoms with Crippen molar-refractivity contribution in [2.45, 2.75) is 70.6 Å². The topological polar surface area (TPSA) is 107 Å². The summed E-state index contributed by atoms with van der Waals surface area (Å²) in [6.45, 7) is 10.0. The van der Waals surface area contributed by atoms with E-state index < -0.39 is 58.0 Å². The van der Waals surface area contributed by atoms with Crippen LogP contribution in [0.1, 0.15) is 46.5 Å². The predicted molar refractivity (Wildman–Crippen MR) is 95.3 cm³/mol. The number of fused-ring (bicyclic) bond motifs is 2. The van der Waals surface area contributed by atoms with Gasteiger partial charge in [0, 0.05) is 16.7 Å². The lowest BCUT2D eigenvalue weighted by Gasteiger charge is -2.78. The monoisotopic (exact) mass is 378 g/mol. The van der Waals surface area contributed by atoms with Crippen molar-refractivity contribution in [3.8, 4) is 0 Å². The zero-order chi connectivity index (χ0) is 19.8. The lowest BCUT2D eigenvalue weighted by atomic mass is 9.30. The largest absolute Gasteiger partial charge is 0.392 e. The van der Waals surface area contributed by atoms with E-state index in [-0.39, 0.29) is 12.0 Å². The number of ether oxygens (including phenoxy) is 1. The molecule has 2 aliphatic heterocycles. The van der Waals surface area contributed by atoms with Gasteiger partial charge < -0.3 is 25.2 Å². The van der Waals surface area contributed by atoms with Gasteiger partial charge in [-0.25, -0.2) is 0 Å². The van der Waals surface area contributed by atoms with Crippen LogP contribution < -0.4 is 0 Å². The Hall–Kier alpha value is -0.790. The summed E-state index contributed by atoms with van der Waals surface area (Å²) >= 11 is 0. The number of hydrogen-bond donors (Lipinski definition) is 4. The molecular weight excluding hydrogens is 348 g/mol. The fourth-order valence-corrected chi connectivity index (χ4v) is 8.24. The van der Waals surface area contributed by atoms with Crippen molar-refractivity contribution >= 4 is 5.78 Å². The van der Waals surface area contributed by atoms with Crippen LogP contribution in [0.5, 0.6) is 0 Å². The van der Waals surface area contributed by atoms with E-state index in [9.17, 15) is 25.2 Å². The Morgan fingerprint density at radius 3 is 2.44 bits per heavy atom. The van der Waals surface area contributed by atoms with Gasteiger partial charge in [0.2, 0.25) is 5.79 Å². The summed E-state index contributed by atoms with van der Waals surface area (Å²) < 4.78 is 5.87. The SMILES string of the molecule is C=C1C(=O)C23C(CCC1[C@H]2O)[C@@]12COC3(O)[C@@H](O)[C@]1(C)C(C)(C)CC[C@@H]2O. The molecule has 9 atom stereocenters. The second kappa shape index (κ2) is 4.68. The highest BCUT2D eigenvalue weighted by molar-refractivity contribution is 6.05. The van der Waals surface area contributed by atoms with Crippen LogP contribution in [-0.2, 0) is 9.53 Å². The number of carbonyl (C=O) groups excluding carboxylic acids is 1. The summed E-state index contributed by atoms with van der Waals surface area (Å²) in [4.78, 5) is 13.4. The zero-order valence-corrected chi connectivity index (χ0v) is 16.2. The van der Waals surface area contributed by atoms with Crippen LogP contribution in [0, 0.1) is 33.5 Å². The van der Waals surface area contributed by atoms with Crippen LogP contribution in [0.4, 0.5) is 0 Å². The van der Waals surface area contributed by atoms with Crippen LogP contribution in [0.25, 0.3) is 0 Å². The molecule has 0 aromatic heterocycles. The predicted octanol–water partition coefficient (Wildman–Crippen LogP) is 0.766. The number of hydrogen-bond acceptors (Lipinski definition) is 6. The van der Waals surface area contributed by atoms with Crippen LogP contribution in [-0.4, -0.2) is 56.9 Å². The van der Waals surface area contributed by atoms with Gasteiger partial charge in [0.05, 0.1) is 18.8 Å². The molecule has 4 saturated carbocycles. The molecule has 2 heterocycles. The van der Waals surface area contributed by atoms with Gasteiger partial charge in [-0.15, -0.1) is 0 Å². The molecule has 6 nitrogen and oxygen atoms in total. The molecule has 150 valence electrons. The first-order chi connectivity index (χ1) is 12.4. The summed E-state index contributed by atoms with van der Waals surface area (Å²) in [5.41, 5.74) is -3.50. The number of Topliss-reactive ketones (excluding diaryl/α,β-unsaturated/α-hetero) is 1. The molecule has 4 aliphatic carbocycles. The fourth-order valence-electron chi connectivity index (χ4n) is 8.24. The summed E-state index contributed by atoms with van der Waals surface area (Å²) in [5, 5.41) is 45.8. The van der Waals surface area contributed by atoms with Gasteiger partial charge >= 0.3 is 0 Å². The first kappa shape index (κ1) is 18.3. The van der Waals surface area contributed by atoms with Crippen molar-refractivity contribution < 1.29 is 30.0 Å². The quantitative estimate of drug-likeness (QED) is 0.464. The van der Waals surface area contributed by atoms with Crippen LogP contribution in [0.15, 0.2) is 12.2 Å². The van der Waals surface area contributed by atoms with E-state index in [1.165, 1.54) is 0 Å². The molecule has 0 aromatic rings. The summed E-state index contributed by atoms with van der Waals surface area (Å²) in [6.07, 6.45) is -0.910. The maximum absolute atomic E-state index is 13.4. The van der Waals surface area contributed by atoms with E-state index in [2.05, 4.69) is 20.4 Å². The highest BCUT2D eigenvalue weighted by Crippen LogP contribution is 2.80. The minimum absolute atomic E-state index is 0.0746. The van der Waals surface area contributed by atoms with E-state index >= 15 is 0 Å². The Kier molecular flexibility index (Phi) is 3.16. The maximum atomic E-state index is 13.4. The molecular formula is C21H30O6. The van der Waals surface area contributed by atoms with Crippen molar-refractivity contribution in [1.29, 1.82) is 0 Å².